The SMILES string of the molecule is Cc1ccccc1CN1CCC[C@@H]1C(=O)OC(C)(C)C. The number of aryl methyl sites for hydroxylation is 1. The lowest BCUT2D eigenvalue weighted by Gasteiger charge is -2.27. The number of nitrogens with zero attached hydrogens (tertiary/aromatic N) is 1. The van der Waals surface area contributed by atoms with Crippen molar-refractivity contribution in [2.45, 2.75) is 58.7 Å². The van der Waals surface area contributed by atoms with Crippen molar-refractivity contribution in [2.75, 3.05) is 6.54 Å². The third-order valence-corrected chi connectivity index (χ3v) is 3.68. The van der Waals surface area contributed by atoms with Gasteiger partial charge in [-0.05, 0) is 58.2 Å². The van der Waals surface area contributed by atoms with Crippen LogP contribution in [0.1, 0.15) is 44.7 Å². The Kier molecular flexibility index (Phi) is 4.48. The Balaban J connectivity index is 2.04. The zero-order chi connectivity index (χ0) is 14.8. The minimum absolute atomic E-state index is 0.0800. The molecule has 0 aromatic heterocycles. The fraction of sp³-hybridized carbons (Fsp3) is 0.588. The lowest BCUT2D eigenvalue weighted by Crippen LogP contribution is -2.40. The number of hydrogen-bond acceptors (Lipinski definition) is 3. The molecule has 2 rings (SSSR count). The highest BCUT2D eigenvalue weighted by Crippen LogP contribution is 2.24. The summed E-state index contributed by atoms with van der Waals surface area (Å²) in [5.74, 6) is -0.0800. The molecule has 0 bridgehead atoms. The van der Waals surface area contributed by atoms with Crippen LogP contribution >= 0.6 is 0 Å². The number of rotatable bonds is 3. The first kappa shape index (κ1) is 15.0. The summed E-state index contributed by atoms with van der Waals surface area (Å²) in [6, 6.07) is 8.27. The number of esters is 1. The van der Waals surface area contributed by atoms with Gasteiger partial charge >= 0.3 is 5.97 Å². The van der Waals surface area contributed by atoms with E-state index in [9.17, 15) is 4.79 Å². The van der Waals surface area contributed by atoms with Gasteiger partial charge in [0.2, 0.25) is 0 Å². The van der Waals surface area contributed by atoms with Crippen molar-refractivity contribution in [1.29, 1.82) is 0 Å². The average Bonchev–Trinajstić information content (AvgIpc) is 2.78. The zero-order valence-electron chi connectivity index (χ0n) is 13.0. The van der Waals surface area contributed by atoms with Crippen molar-refractivity contribution in [1.82, 2.24) is 4.90 Å². The van der Waals surface area contributed by atoms with E-state index in [1.165, 1.54) is 11.1 Å². The van der Waals surface area contributed by atoms with Crippen molar-refractivity contribution in [3.63, 3.8) is 0 Å². The number of carbonyl (C=O) groups is 1. The Labute approximate surface area is 121 Å². The highest BCUT2D eigenvalue weighted by Gasteiger charge is 2.34. The van der Waals surface area contributed by atoms with Crippen LogP contribution in [0.3, 0.4) is 0 Å². The highest BCUT2D eigenvalue weighted by atomic mass is 16.6. The second-order valence-electron chi connectivity index (χ2n) is 6.59. The first-order valence-electron chi connectivity index (χ1n) is 7.38. The van der Waals surface area contributed by atoms with E-state index in [-0.39, 0.29) is 12.0 Å². The van der Waals surface area contributed by atoms with Crippen molar-refractivity contribution in [3.8, 4) is 0 Å². The van der Waals surface area contributed by atoms with Gasteiger partial charge in [-0.2, -0.15) is 0 Å². The Morgan fingerprint density at radius 2 is 2.05 bits per heavy atom. The summed E-state index contributed by atoms with van der Waals surface area (Å²) in [5.41, 5.74) is 2.17. The maximum Gasteiger partial charge on any atom is 0.323 e. The van der Waals surface area contributed by atoms with E-state index in [1.54, 1.807) is 0 Å². The van der Waals surface area contributed by atoms with Gasteiger partial charge in [0.05, 0.1) is 0 Å². The van der Waals surface area contributed by atoms with Gasteiger partial charge in [0.1, 0.15) is 11.6 Å². The number of hydrogen-bond donors (Lipinski definition) is 0. The normalized spacial score (nSPS) is 20.1. The third-order valence-electron chi connectivity index (χ3n) is 3.68. The lowest BCUT2D eigenvalue weighted by molar-refractivity contribution is -0.160. The van der Waals surface area contributed by atoms with Gasteiger partial charge in [0.25, 0.3) is 0 Å². The topological polar surface area (TPSA) is 29.5 Å². The van der Waals surface area contributed by atoms with Crippen LogP contribution in [0.5, 0.6) is 0 Å². The first-order chi connectivity index (χ1) is 9.37. The minimum atomic E-state index is -0.409. The second kappa shape index (κ2) is 5.96. The Morgan fingerprint density at radius 3 is 2.70 bits per heavy atom. The standard InChI is InChI=1S/C17H25NO2/c1-13-8-5-6-9-14(13)12-18-11-7-10-15(18)16(19)20-17(2,3)4/h5-6,8-9,15H,7,10-12H2,1-4H3/t15-/m1/s1. The fourth-order valence-corrected chi connectivity index (χ4v) is 2.66. The van der Waals surface area contributed by atoms with Crippen LogP contribution in [-0.2, 0) is 16.1 Å². The van der Waals surface area contributed by atoms with Gasteiger partial charge in [-0.3, -0.25) is 9.69 Å². The molecule has 1 aliphatic rings. The molecule has 0 spiro atoms. The molecule has 110 valence electrons. The molecule has 1 fully saturated rings. The van der Waals surface area contributed by atoms with Gasteiger partial charge in [-0.25, -0.2) is 0 Å². The fourth-order valence-electron chi connectivity index (χ4n) is 2.66. The van der Waals surface area contributed by atoms with Crippen LogP contribution in [0.4, 0.5) is 0 Å². The van der Waals surface area contributed by atoms with Gasteiger partial charge in [0, 0.05) is 6.54 Å². The van der Waals surface area contributed by atoms with E-state index in [0.29, 0.717) is 0 Å². The molecule has 1 aromatic rings. The summed E-state index contributed by atoms with van der Waals surface area (Å²) in [4.78, 5) is 14.5. The van der Waals surface area contributed by atoms with Crippen molar-refractivity contribution < 1.29 is 9.53 Å². The maximum absolute atomic E-state index is 12.3. The largest absolute Gasteiger partial charge is 0.459 e. The van der Waals surface area contributed by atoms with Crippen LogP contribution in [0.2, 0.25) is 0 Å². The molecule has 1 aromatic carbocycles. The smallest absolute Gasteiger partial charge is 0.323 e. The van der Waals surface area contributed by atoms with E-state index >= 15 is 0 Å². The average molecular weight is 275 g/mol. The maximum atomic E-state index is 12.3. The van der Waals surface area contributed by atoms with E-state index < -0.39 is 5.60 Å². The molecule has 0 saturated carbocycles. The van der Waals surface area contributed by atoms with Crippen LogP contribution < -0.4 is 0 Å². The molecule has 0 radical (unpaired) electrons. The molecule has 1 aliphatic heterocycles. The van der Waals surface area contributed by atoms with Crippen molar-refractivity contribution in [2.24, 2.45) is 0 Å². The van der Waals surface area contributed by atoms with E-state index in [1.807, 2.05) is 26.8 Å². The zero-order valence-corrected chi connectivity index (χ0v) is 13.0. The molecule has 20 heavy (non-hydrogen) atoms. The lowest BCUT2D eigenvalue weighted by atomic mass is 10.1. The summed E-state index contributed by atoms with van der Waals surface area (Å²) < 4.78 is 5.54. The molecule has 3 heteroatoms. The molecule has 1 atom stereocenters. The first-order valence-corrected chi connectivity index (χ1v) is 7.38. The number of carbonyl (C=O) groups excluding carboxylic acids is 1. The predicted molar refractivity (Wildman–Crippen MR) is 80.5 cm³/mol. The number of likely N-dealkylation sites (tertiary alicyclic amines) is 1. The summed E-state index contributed by atoms with van der Waals surface area (Å²) in [6.45, 7) is 9.69. The quantitative estimate of drug-likeness (QED) is 0.793. The molecule has 3 nitrogen and oxygen atoms in total. The minimum Gasteiger partial charge on any atom is -0.459 e. The summed E-state index contributed by atoms with van der Waals surface area (Å²) >= 11 is 0. The molecule has 0 aliphatic carbocycles. The summed E-state index contributed by atoms with van der Waals surface area (Å²) in [7, 11) is 0. The van der Waals surface area contributed by atoms with E-state index in [2.05, 4.69) is 30.0 Å². The van der Waals surface area contributed by atoms with Crippen LogP contribution in [-0.4, -0.2) is 29.1 Å². The number of ether oxygens (including phenoxy) is 1. The van der Waals surface area contributed by atoms with Crippen LogP contribution in [0.25, 0.3) is 0 Å². The third kappa shape index (κ3) is 3.83. The van der Waals surface area contributed by atoms with Crippen LogP contribution in [0, 0.1) is 6.92 Å². The molecular weight excluding hydrogens is 250 g/mol. The highest BCUT2D eigenvalue weighted by molar-refractivity contribution is 5.76. The van der Waals surface area contributed by atoms with Gasteiger partial charge in [-0.15, -0.1) is 0 Å². The summed E-state index contributed by atoms with van der Waals surface area (Å²) in [5, 5.41) is 0. The Hall–Kier alpha value is -1.35. The summed E-state index contributed by atoms with van der Waals surface area (Å²) in [6.07, 6.45) is 1.97. The van der Waals surface area contributed by atoms with Crippen molar-refractivity contribution >= 4 is 5.97 Å². The predicted octanol–water partition coefficient (Wildman–Crippen LogP) is 3.30. The van der Waals surface area contributed by atoms with Gasteiger partial charge in [-0.1, -0.05) is 24.3 Å². The second-order valence-corrected chi connectivity index (χ2v) is 6.59. The molecule has 1 saturated heterocycles. The molecular formula is C17H25NO2. The van der Waals surface area contributed by atoms with E-state index in [4.69, 9.17) is 4.74 Å². The van der Waals surface area contributed by atoms with Gasteiger partial charge < -0.3 is 4.74 Å². The monoisotopic (exact) mass is 275 g/mol. The molecule has 0 unspecified atom stereocenters. The molecule has 1 heterocycles. The van der Waals surface area contributed by atoms with Crippen LogP contribution in [0.15, 0.2) is 24.3 Å². The number of benzene rings is 1. The Morgan fingerprint density at radius 1 is 1.35 bits per heavy atom. The van der Waals surface area contributed by atoms with Crippen molar-refractivity contribution in [3.05, 3.63) is 35.4 Å². The van der Waals surface area contributed by atoms with E-state index in [0.717, 1.165) is 25.9 Å². The molecule has 0 N–H and O–H groups in total. The van der Waals surface area contributed by atoms with Gasteiger partial charge in [0.15, 0.2) is 0 Å². The molecule has 0 amide bonds. The Bertz CT molecular complexity index is 476.